The minimum absolute atomic E-state index is 0.393. The summed E-state index contributed by atoms with van der Waals surface area (Å²) in [4.78, 5) is 0. The van der Waals surface area contributed by atoms with E-state index in [0.717, 1.165) is 6.42 Å². The molecular formula is C17H23N. The van der Waals surface area contributed by atoms with Crippen molar-refractivity contribution in [1.29, 1.82) is 0 Å². The highest BCUT2D eigenvalue weighted by Gasteiger charge is 2.48. The Kier molecular flexibility index (Phi) is 2.63. The Labute approximate surface area is 110 Å². The van der Waals surface area contributed by atoms with Crippen molar-refractivity contribution in [1.82, 2.24) is 5.32 Å². The lowest BCUT2D eigenvalue weighted by molar-refractivity contribution is 0.104. The number of fused-ring (bicyclic) bond motifs is 2. The Morgan fingerprint density at radius 3 is 2.67 bits per heavy atom. The zero-order valence-electron chi connectivity index (χ0n) is 11.7. The van der Waals surface area contributed by atoms with E-state index in [9.17, 15) is 0 Å². The van der Waals surface area contributed by atoms with Gasteiger partial charge >= 0.3 is 0 Å². The summed E-state index contributed by atoms with van der Waals surface area (Å²) in [6, 6.07) is 10.1. The fourth-order valence-electron chi connectivity index (χ4n) is 4.11. The van der Waals surface area contributed by atoms with Gasteiger partial charge in [0.1, 0.15) is 0 Å². The molecule has 0 saturated carbocycles. The van der Waals surface area contributed by atoms with Crippen LogP contribution in [0.1, 0.15) is 56.7 Å². The molecule has 4 rings (SSSR count). The molecule has 0 amide bonds. The van der Waals surface area contributed by atoms with Gasteiger partial charge in [-0.3, -0.25) is 0 Å². The third-order valence-corrected chi connectivity index (χ3v) is 4.66. The molecule has 1 fully saturated rings. The first kappa shape index (κ1) is 12.0. The van der Waals surface area contributed by atoms with Gasteiger partial charge in [-0.2, -0.15) is 0 Å². The van der Waals surface area contributed by atoms with Crippen molar-refractivity contribution in [2.24, 2.45) is 5.41 Å². The predicted octanol–water partition coefficient (Wildman–Crippen LogP) is 4.18. The third-order valence-electron chi connectivity index (χ3n) is 4.66. The SMILES string of the molecule is C=C(C)C[C@@H]1N[C@H]2CC(C)(C)[C@H]1c1ccccc12. The van der Waals surface area contributed by atoms with Gasteiger partial charge in [-0.25, -0.2) is 0 Å². The number of piperidine rings is 1. The monoisotopic (exact) mass is 241 g/mol. The molecule has 3 atom stereocenters. The third kappa shape index (κ3) is 1.73. The van der Waals surface area contributed by atoms with E-state index in [-0.39, 0.29) is 0 Å². The molecule has 3 aliphatic rings. The van der Waals surface area contributed by atoms with E-state index in [0.29, 0.717) is 23.4 Å². The second-order valence-electron chi connectivity index (χ2n) is 6.79. The molecule has 0 aromatic heterocycles. The number of nitrogens with one attached hydrogen (secondary N) is 1. The van der Waals surface area contributed by atoms with E-state index in [1.54, 1.807) is 5.56 Å². The standard InChI is InChI=1S/C17H23N/c1-11(2)9-14-16-13-8-6-5-7-12(13)15(18-14)10-17(16,3)4/h5-8,14-16,18H,1,9-10H2,2-4H3/t14-,15-,16-/m0/s1. The van der Waals surface area contributed by atoms with Gasteiger partial charge in [-0.15, -0.1) is 6.58 Å². The molecule has 2 aliphatic heterocycles. The van der Waals surface area contributed by atoms with Gasteiger partial charge in [0.05, 0.1) is 0 Å². The lowest BCUT2D eigenvalue weighted by Crippen LogP contribution is -2.54. The van der Waals surface area contributed by atoms with Crippen molar-refractivity contribution in [3.05, 3.63) is 47.5 Å². The molecule has 96 valence electrons. The number of rotatable bonds is 2. The minimum atomic E-state index is 0.393. The average molecular weight is 241 g/mol. The molecule has 1 aliphatic carbocycles. The smallest absolute Gasteiger partial charge is 0.0331 e. The van der Waals surface area contributed by atoms with Crippen LogP contribution in [-0.4, -0.2) is 6.04 Å². The van der Waals surface area contributed by atoms with Crippen LogP contribution in [0.3, 0.4) is 0 Å². The molecule has 18 heavy (non-hydrogen) atoms. The molecular weight excluding hydrogens is 218 g/mol. The number of hydrogen-bond donors (Lipinski definition) is 1. The fourth-order valence-corrected chi connectivity index (χ4v) is 4.11. The lowest BCUT2D eigenvalue weighted by atomic mass is 9.58. The molecule has 1 nitrogen and oxygen atoms in total. The van der Waals surface area contributed by atoms with Crippen molar-refractivity contribution >= 4 is 0 Å². The van der Waals surface area contributed by atoms with Gasteiger partial charge in [0.15, 0.2) is 0 Å². The highest BCUT2D eigenvalue weighted by Crippen LogP contribution is 2.55. The molecule has 1 heteroatoms. The highest BCUT2D eigenvalue weighted by atomic mass is 15.0. The Hall–Kier alpha value is -1.08. The van der Waals surface area contributed by atoms with E-state index in [4.69, 9.17) is 0 Å². The maximum Gasteiger partial charge on any atom is 0.0331 e. The van der Waals surface area contributed by atoms with Crippen molar-refractivity contribution < 1.29 is 0 Å². The summed E-state index contributed by atoms with van der Waals surface area (Å²) in [7, 11) is 0. The first-order chi connectivity index (χ1) is 8.49. The highest BCUT2D eigenvalue weighted by molar-refractivity contribution is 5.41. The van der Waals surface area contributed by atoms with Crippen LogP contribution >= 0.6 is 0 Å². The zero-order chi connectivity index (χ0) is 12.9. The van der Waals surface area contributed by atoms with Crippen LogP contribution < -0.4 is 5.32 Å². The molecule has 2 heterocycles. The molecule has 2 bridgehead atoms. The van der Waals surface area contributed by atoms with E-state index >= 15 is 0 Å². The first-order valence-electron chi connectivity index (χ1n) is 6.98. The van der Waals surface area contributed by atoms with Crippen LogP contribution in [-0.2, 0) is 0 Å². The Morgan fingerprint density at radius 1 is 1.33 bits per heavy atom. The summed E-state index contributed by atoms with van der Waals surface area (Å²) in [5.41, 5.74) is 4.78. The van der Waals surface area contributed by atoms with Gasteiger partial charge in [0.25, 0.3) is 0 Å². The zero-order valence-corrected chi connectivity index (χ0v) is 11.7. The van der Waals surface area contributed by atoms with Crippen molar-refractivity contribution in [3.8, 4) is 0 Å². The predicted molar refractivity (Wildman–Crippen MR) is 76.7 cm³/mol. The molecule has 1 aromatic rings. The quantitative estimate of drug-likeness (QED) is 0.766. The second-order valence-corrected chi connectivity index (χ2v) is 6.79. The maximum atomic E-state index is 4.10. The molecule has 1 N–H and O–H groups in total. The maximum absolute atomic E-state index is 4.10. The Morgan fingerprint density at radius 2 is 2.00 bits per heavy atom. The van der Waals surface area contributed by atoms with Crippen molar-refractivity contribution in [2.45, 2.75) is 51.6 Å². The van der Waals surface area contributed by atoms with Gasteiger partial charge < -0.3 is 5.32 Å². The second kappa shape index (κ2) is 3.96. The molecule has 0 radical (unpaired) electrons. The van der Waals surface area contributed by atoms with E-state index in [1.165, 1.54) is 17.6 Å². The van der Waals surface area contributed by atoms with Crippen LogP contribution in [0.4, 0.5) is 0 Å². The van der Waals surface area contributed by atoms with Gasteiger partial charge in [0, 0.05) is 18.0 Å². The van der Waals surface area contributed by atoms with Crippen LogP contribution in [0.25, 0.3) is 0 Å². The fraction of sp³-hybridized carbons (Fsp3) is 0.529. The number of benzene rings is 1. The van der Waals surface area contributed by atoms with E-state index < -0.39 is 0 Å². The average Bonchev–Trinajstić information content (AvgIpc) is 2.26. The van der Waals surface area contributed by atoms with E-state index in [2.05, 4.69) is 56.9 Å². The minimum Gasteiger partial charge on any atom is -0.306 e. The van der Waals surface area contributed by atoms with Gasteiger partial charge in [-0.1, -0.05) is 43.7 Å². The van der Waals surface area contributed by atoms with Crippen LogP contribution in [0, 0.1) is 5.41 Å². The summed E-state index contributed by atoms with van der Waals surface area (Å²) < 4.78 is 0. The summed E-state index contributed by atoms with van der Waals surface area (Å²) >= 11 is 0. The largest absolute Gasteiger partial charge is 0.306 e. The van der Waals surface area contributed by atoms with Crippen LogP contribution in [0.5, 0.6) is 0 Å². The summed E-state index contributed by atoms with van der Waals surface area (Å²) in [6.07, 6.45) is 2.35. The number of hydrogen-bond acceptors (Lipinski definition) is 1. The molecule has 1 saturated heterocycles. The van der Waals surface area contributed by atoms with Gasteiger partial charge in [0.2, 0.25) is 0 Å². The summed E-state index contributed by atoms with van der Waals surface area (Å²) in [5, 5.41) is 3.84. The van der Waals surface area contributed by atoms with Crippen LogP contribution in [0.2, 0.25) is 0 Å². The van der Waals surface area contributed by atoms with Crippen molar-refractivity contribution in [3.63, 3.8) is 0 Å². The normalized spacial score (nSPS) is 32.1. The van der Waals surface area contributed by atoms with Crippen molar-refractivity contribution in [2.75, 3.05) is 0 Å². The molecule has 0 spiro atoms. The van der Waals surface area contributed by atoms with Gasteiger partial charge in [-0.05, 0) is 36.3 Å². The summed E-state index contributed by atoms with van der Waals surface area (Å²) in [6.45, 7) is 11.1. The molecule has 1 aromatic carbocycles. The summed E-state index contributed by atoms with van der Waals surface area (Å²) in [5.74, 6) is 0.621. The lowest BCUT2D eigenvalue weighted by Gasteiger charge is -2.54. The Balaban J connectivity index is 2.06. The van der Waals surface area contributed by atoms with E-state index in [1.807, 2.05) is 0 Å². The molecule has 0 unspecified atom stereocenters. The van der Waals surface area contributed by atoms with Crippen LogP contribution in [0.15, 0.2) is 36.4 Å². The topological polar surface area (TPSA) is 12.0 Å². The Bertz CT molecular complexity index is 486. The first-order valence-corrected chi connectivity index (χ1v) is 6.98.